The fraction of sp³-hybridized carbons (Fsp3) is 0.600. The number of methoxy groups -OCH3 is 1. The first-order valence-electron chi connectivity index (χ1n) is 7.33. The van der Waals surface area contributed by atoms with Gasteiger partial charge in [0.05, 0.1) is 13.4 Å². The fourth-order valence-electron chi connectivity index (χ4n) is 2.68. The molecule has 1 aromatic carbocycles. The van der Waals surface area contributed by atoms with Gasteiger partial charge in [0.2, 0.25) is 10.0 Å². The minimum atomic E-state index is -3.10. The molecule has 0 saturated carbocycles. The van der Waals surface area contributed by atoms with E-state index in [4.69, 9.17) is 4.74 Å². The van der Waals surface area contributed by atoms with Crippen LogP contribution in [0.25, 0.3) is 0 Å². The second-order valence-electron chi connectivity index (χ2n) is 5.80. The third-order valence-electron chi connectivity index (χ3n) is 4.11. The molecule has 2 atom stereocenters. The summed E-state index contributed by atoms with van der Waals surface area (Å²) in [6.07, 6.45) is 2.09. The van der Waals surface area contributed by atoms with Crippen LogP contribution in [0.5, 0.6) is 5.75 Å². The molecular weight excluding hydrogens is 307 g/mol. The molecule has 1 aliphatic rings. The maximum absolute atomic E-state index is 13.7. The van der Waals surface area contributed by atoms with E-state index in [1.54, 1.807) is 6.07 Å². The average molecular weight is 330 g/mol. The number of benzene rings is 1. The number of ether oxygens (including phenoxy) is 1. The number of hydrogen-bond acceptors (Lipinski definition) is 4. The van der Waals surface area contributed by atoms with Gasteiger partial charge in [0.1, 0.15) is 0 Å². The molecule has 0 unspecified atom stereocenters. The van der Waals surface area contributed by atoms with Crippen LogP contribution in [0.3, 0.4) is 0 Å². The van der Waals surface area contributed by atoms with Crippen LogP contribution in [0, 0.1) is 11.7 Å². The predicted molar refractivity (Wildman–Crippen MR) is 83.9 cm³/mol. The largest absolute Gasteiger partial charge is 0.494 e. The topological polar surface area (TPSA) is 58.6 Å². The molecule has 7 heteroatoms. The number of hydrogen-bond donors (Lipinski definition) is 1. The molecule has 0 aromatic heterocycles. The molecule has 1 fully saturated rings. The molecule has 1 aromatic rings. The second kappa shape index (κ2) is 6.93. The summed E-state index contributed by atoms with van der Waals surface area (Å²) in [4.78, 5) is 0. The number of sulfonamides is 1. The molecule has 1 N–H and O–H groups in total. The Morgan fingerprint density at radius 2 is 2.23 bits per heavy atom. The van der Waals surface area contributed by atoms with Crippen LogP contribution in [0.15, 0.2) is 18.2 Å². The minimum Gasteiger partial charge on any atom is -0.494 e. The molecule has 124 valence electrons. The van der Waals surface area contributed by atoms with Gasteiger partial charge in [0.25, 0.3) is 0 Å². The smallest absolute Gasteiger partial charge is 0.211 e. The van der Waals surface area contributed by atoms with Gasteiger partial charge in [-0.2, -0.15) is 0 Å². The standard InChI is InChI=1S/C15H23FN2O3S/c1-11(13-4-5-15(21-2)14(16)8-13)17-9-12-6-7-18(10-12)22(3,19)20/h4-5,8,11-12,17H,6-7,9-10H2,1-3H3/t11-,12-/m1/s1. The van der Waals surface area contributed by atoms with Gasteiger partial charge in [-0.05, 0) is 43.5 Å². The van der Waals surface area contributed by atoms with E-state index in [2.05, 4.69) is 5.32 Å². The quantitative estimate of drug-likeness (QED) is 0.864. The van der Waals surface area contributed by atoms with Crippen molar-refractivity contribution in [3.63, 3.8) is 0 Å². The minimum absolute atomic E-state index is 0.00677. The lowest BCUT2D eigenvalue weighted by Gasteiger charge is -2.18. The van der Waals surface area contributed by atoms with Gasteiger partial charge < -0.3 is 10.1 Å². The van der Waals surface area contributed by atoms with E-state index in [1.165, 1.54) is 23.7 Å². The molecule has 22 heavy (non-hydrogen) atoms. The molecule has 1 saturated heterocycles. The fourth-order valence-corrected chi connectivity index (χ4v) is 3.60. The first-order chi connectivity index (χ1) is 10.3. The van der Waals surface area contributed by atoms with Crippen molar-refractivity contribution in [3.8, 4) is 5.75 Å². The maximum Gasteiger partial charge on any atom is 0.211 e. The average Bonchev–Trinajstić information content (AvgIpc) is 2.93. The zero-order valence-corrected chi connectivity index (χ0v) is 14.0. The van der Waals surface area contributed by atoms with E-state index in [1.807, 2.05) is 13.0 Å². The summed E-state index contributed by atoms with van der Waals surface area (Å²) in [6, 6.07) is 4.90. The monoisotopic (exact) mass is 330 g/mol. The van der Waals surface area contributed by atoms with Crippen LogP contribution in [0.1, 0.15) is 24.9 Å². The first-order valence-corrected chi connectivity index (χ1v) is 9.18. The van der Waals surface area contributed by atoms with E-state index in [0.717, 1.165) is 12.0 Å². The lowest BCUT2D eigenvalue weighted by Crippen LogP contribution is -2.31. The summed E-state index contributed by atoms with van der Waals surface area (Å²) in [5.74, 6) is 0.147. The molecule has 0 radical (unpaired) electrons. The number of nitrogens with zero attached hydrogens (tertiary/aromatic N) is 1. The van der Waals surface area contributed by atoms with E-state index in [0.29, 0.717) is 25.6 Å². The van der Waals surface area contributed by atoms with Gasteiger partial charge in [-0.3, -0.25) is 0 Å². The highest BCUT2D eigenvalue weighted by Crippen LogP contribution is 2.23. The summed E-state index contributed by atoms with van der Waals surface area (Å²) in [7, 11) is -1.66. The Morgan fingerprint density at radius 1 is 1.50 bits per heavy atom. The van der Waals surface area contributed by atoms with Crippen molar-refractivity contribution in [1.29, 1.82) is 0 Å². The highest BCUT2D eigenvalue weighted by atomic mass is 32.2. The molecule has 0 bridgehead atoms. The van der Waals surface area contributed by atoms with Gasteiger partial charge in [-0.15, -0.1) is 0 Å². The van der Waals surface area contributed by atoms with Gasteiger partial charge in [0.15, 0.2) is 11.6 Å². The van der Waals surface area contributed by atoms with Crippen molar-refractivity contribution in [3.05, 3.63) is 29.6 Å². The third kappa shape index (κ3) is 4.18. The maximum atomic E-state index is 13.7. The Morgan fingerprint density at radius 3 is 2.77 bits per heavy atom. The normalized spacial score (nSPS) is 21.0. The van der Waals surface area contributed by atoms with Gasteiger partial charge in [-0.1, -0.05) is 6.07 Å². The molecule has 2 rings (SSSR count). The second-order valence-corrected chi connectivity index (χ2v) is 7.78. The van der Waals surface area contributed by atoms with Gasteiger partial charge in [-0.25, -0.2) is 17.1 Å². The lowest BCUT2D eigenvalue weighted by molar-refractivity contribution is 0.385. The Labute approximate surface area is 131 Å². The third-order valence-corrected chi connectivity index (χ3v) is 5.38. The van der Waals surface area contributed by atoms with E-state index >= 15 is 0 Å². The molecule has 0 spiro atoms. The van der Waals surface area contributed by atoms with Crippen LogP contribution in [0.2, 0.25) is 0 Å². The van der Waals surface area contributed by atoms with Crippen molar-refractivity contribution in [2.24, 2.45) is 5.92 Å². The highest BCUT2D eigenvalue weighted by Gasteiger charge is 2.28. The summed E-state index contributed by atoms with van der Waals surface area (Å²) in [6.45, 7) is 3.80. The zero-order chi connectivity index (χ0) is 16.3. The molecule has 1 aliphatic heterocycles. The van der Waals surface area contributed by atoms with Gasteiger partial charge in [0, 0.05) is 19.1 Å². The van der Waals surface area contributed by atoms with Crippen LogP contribution < -0.4 is 10.1 Å². The molecular formula is C15H23FN2O3S. The van der Waals surface area contributed by atoms with Crippen LogP contribution in [-0.2, 0) is 10.0 Å². The Bertz CT molecular complexity index is 621. The zero-order valence-electron chi connectivity index (χ0n) is 13.2. The predicted octanol–water partition coefficient (Wildman–Crippen LogP) is 1.77. The van der Waals surface area contributed by atoms with E-state index in [9.17, 15) is 12.8 Å². The summed E-state index contributed by atoms with van der Waals surface area (Å²) in [5.41, 5.74) is 0.844. The number of halogens is 1. The Hall–Kier alpha value is -1.18. The van der Waals surface area contributed by atoms with Crippen LogP contribution >= 0.6 is 0 Å². The summed E-state index contributed by atoms with van der Waals surface area (Å²) in [5, 5.41) is 3.35. The Kier molecular flexibility index (Phi) is 5.41. The molecule has 5 nitrogen and oxygen atoms in total. The lowest BCUT2D eigenvalue weighted by atomic mass is 10.1. The number of rotatable bonds is 6. The van der Waals surface area contributed by atoms with Crippen LogP contribution in [-0.4, -0.2) is 45.7 Å². The Balaban J connectivity index is 1.88. The first kappa shape index (κ1) is 17.2. The van der Waals surface area contributed by atoms with Crippen molar-refractivity contribution in [2.75, 3.05) is 33.0 Å². The molecule has 0 amide bonds. The summed E-state index contributed by atoms with van der Waals surface area (Å²) >= 11 is 0. The van der Waals surface area contributed by atoms with Crippen molar-refractivity contribution >= 4 is 10.0 Å². The van der Waals surface area contributed by atoms with E-state index in [-0.39, 0.29) is 17.6 Å². The number of nitrogens with one attached hydrogen (secondary N) is 1. The SMILES string of the molecule is COc1ccc([C@@H](C)NC[C@H]2CCN(S(C)(=O)=O)C2)cc1F. The molecule has 1 heterocycles. The van der Waals surface area contributed by atoms with Gasteiger partial charge >= 0.3 is 0 Å². The van der Waals surface area contributed by atoms with E-state index < -0.39 is 10.0 Å². The van der Waals surface area contributed by atoms with Crippen molar-refractivity contribution < 1.29 is 17.5 Å². The van der Waals surface area contributed by atoms with Crippen molar-refractivity contribution in [1.82, 2.24) is 9.62 Å². The molecule has 0 aliphatic carbocycles. The van der Waals surface area contributed by atoms with Crippen molar-refractivity contribution in [2.45, 2.75) is 19.4 Å². The highest BCUT2D eigenvalue weighted by molar-refractivity contribution is 7.88. The van der Waals surface area contributed by atoms with Crippen LogP contribution in [0.4, 0.5) is 4.39 Å². The summed E-state index contributed by atoms with van der Waals surface area (Å²) < 4.78 is 43.1.